The zero-order chi connectivity index (χ0) is 28.9. The predicted molar refractivity (Wildman–Crippen MR) is 139 cm³/mol. The summed E-state index contributed by atoms with van der Waals surface area (Å²) in [5.41, 5.74) is 0.616. The third-order valence-corrected chi connectivity index (χ3v) is 7.67. The fourth-order valence-corrected chi connectivity index (χ4v) is 5.46. The van der Waals surface area contributed by atoms with Crippen LogP contribution in [-0.2, 0) is 11.4 Å². The number of hydrogen-bond acceptors (Lipinski definition) is 6. The van der Waals surface area contributed by atoms with Crippen LogP contribution in [0.1, 0.15) is 49.4 Å². The Morgan fingerprint density at radius 1 is 1.15 bits per heavy atom. The number of carboxylic acids is 1. The number of alkyl halides is 1. The summed E-state index contributed by atoms with van der Waals surface area (Å²) in [7, 11) is 1.50. The summed E-state index contributed by atoms with van der Waals surface area (Å²) >= 11 is 0. The van der Waals surface area contributed by atoms with Crippen LogP contribution in [0.25, 0.3) is 10.9 Å². The molecule has 2 N–H and O–H groups in total. The Morgan fingerprint density at radius 3 is 2.48 bits per heavy atom. The molecule has 1 aromatic heterocycles. The van der Waals surface area contributed by atoms with Crippen molar-refractivity contribution in [3.8, 4) is 11.5 Å². The van der Waals surface area contributed by atoms with Crippen LogP contribution in [0.5, 0.6) is 11.5 Å². The quantitative estimate of drug-likeness (QED) is 0.278. The van der Waals surface area contributed by atoms with Crippen molar-refractivity contribution in [3.05, 3.63) is 65.1 Å². The van der Waals surface area contributed by atoms with Crippen LogP contribution < -0.4 is 9.47 Å². The second-order valence-corrected chi connectivity index (χ2v) is 10.2. The number of rotatable bonds is 12. The SMILES string of the molecule is COc1ccc2ncc(CO)c(C(F)CCC3(CC(=O)O)CCN(CCOc4c(F)cc(F)cc4F)CC3)c2c1. The number of piperidine rings is 1. The zero-order valence-corrected chi connectivity index (χ0v) is 22.1. The number of halogens is 4. The van der Waals surface area contributed by atoms with E-state index in [-0.39, 0.29) is 26.1 Å². The number of methoxy groups -OCH3 is 1. The van der Waals surface area contributed by atoms with Crippen molar-refractivity contribution < 1.29 is 42.0 Å². The molecule has 0 bridgehead atoms. The highest BCUT2D eigenvalue weighted by Crippen LogP contribution is 2.43. The van der Waals surface area contributed by atoms with E-state index in [9.17, 15) is 28.2 Å². The van der Waals surface area contributed by atoms with Gasteiger partial charge in [-0.1, -0.05) is 0 Å². The highest BCUT2D eigenvalue weighted by Gasteiger charge is 2.37. The standard InChI is InChI=1S/C29H32F4N2O5/c1-39-20-2-3-25-21(14-20)27(18(17-36)16-34-25)22(31)4-5-29(15-26(37)38)6-8-35(9-7-29)10-11-40-28-23(32)12-19(30)13-24(28)33/h2-3,12-14,16,22,36H,4-11,15,17H2,1H3,(H,37,38). The highest BCUT2D eigenvalue weighted by atomic mass is 19.1. The van der Waals surface area contributed by atoms with Gasteiger partial charge in [0.2, 0.25) is 0 Å². The molecule has 2 heterocycles. The summed E-state index contributed by atoms with van der Waals surface area (Å²) in [5.74, 6) is -4.36. The minimum atomic E-state index is -1.46. The molecule has 0 spiro atoms. The average Bonchev–Trinajstić information content (AvgIpc) is 2.92. The number of carboxylic acid groups (broad SMARTS) is 1. The monoisotopic (exact) mass is 564 g/mol. The van der Waals surface area contributed by atoms with Crippen LogP contribution >= 0.6 is 0 Å². The Labute approximate surface area is 229 Å². The number of likely N-dealkylation sites (tertiary alicyclic amines) is 1. The van der Waals surface area contributed by atoms with Gasteiger partial charge in [-0.2, -0.15) is 0 Å². The normalized spacial score (nSPS) is 16.1. The van der Waals surface area contributed by atoms with Crippen molar-refractivity contribution >= 4 is 16.9 Å². The van der Waals surface area contributed by atoms with Gasteiger partial charge in [0.25, 0.3) is 0 Å². The number of hydrogen-bond donors (Lipinski definition) is 2. The Bertz CT molecular complexity index is 1320. The maximum Gasteiger partial charge on any atom is 0.303 e. The highest BCUT2D eigenvalue weighted by molar-refractivity contribution is 5.85. The lowest BCUT2D eigenvalue weighted by molar-refractivity contribution is -0.141. The molecule has 0 radical (unpaired) electrons. The lowest BCUT2D eigenvalue weighted by atomic mass is 9.71. The van der Waals surface area contributed by atoms with Gasteiger partial charge >= 0.3 is 5.97 Å². The molecule has 1 unspecified atom stereocenters. The van der Waals surface area contributed by atoms with E-state index >= 15 is 4.39 Å². The van der Waals surface area contributed by atoms with Crippen molar-refractivity contribution in [2.24, 2.45) is 5.41 Å². The van der Waals surface area contributed by atoms with Gasteiger partial charge in [-0.25, -0.2) is 17.6 Å². The van der Waals surface area contributed by atoms with E-state index in [1.54, 1.807) is 18.2 Å². The number of nitrogens with zero attached hydrogens (tertiary/aromatic N) is 2. The molecular formula is C29H32F4N2O5. The molecule has 4 rings (SSSR count). The molecule has 1 aliphatic heterocycles. The molecule has 1 atom stereocenters. The van der Waals surface area contributed by atoms with Gasteiger partial charge in [0.1, 0.15) is 24.3 Å². The Morgan fingerprint density at radius 2 is 1.85 bits per heavy atom. The van der Waals surface area contributed by atoms with Gasteiger partial charge in [-0.15, -0.1) is 0 Å². The maximum atomic E-state index is 15.9. The fraction of sp³-hybridized carbons (Fsp3) is 0.448. The third kappa shape index (κ3) is 6.82. The predicted octanol–water partition coefficient (Wildman–Crippen LogP) is 5.58. The first-order valence-electron chi connectivity index (χ1n) is 13.1. The van der Waals surface area contributed by atoms with E-state index in [0.717, 1.165) is 0 Å². The molecule has 2 aromatic carbocycles. The summed E-state index contributed by atoms with van der Waals surface area (Å²) in [6.45, 7) is 0.897. The lowest BCUT2D eigenvalue weighted by Gasteiger charge is -2.41. The third-order valence-electron chi connectivity index (χ3n) is 7.67. The van der Waals surface area contributed by atoms with Gasteiger partial charge in [0.15, 0.2) is 17.4 Å². The van der Waals surface area contributed by atoms with Crippen LogP contribution in [0.4, 0.5) is 17.6 Å². The molecule has 11 heteroatoms. The molecule has 3 aromatic rings. The molecule has 1 saturated heterocycles. The molecular weight excluding hydrogens is 532 g/mol. The topological polar surface area (TPSA) is 92.1 Å². The molecule has 1 fully saturated rings. The zero-order valence-electron chi connectivity index (χ0n) is 22.1. The van der Waals surface area contributed by atoms with E-state index in [1.807, 2.05) is 4.90 Å². The molecule has 0 saturated carbocycles. The molecule has 0 amide bonds. The largest absolute Gasteiger partial charge is 0.497 e. The van der Waals surface area contributed by atoms with E-state index in [2.05, 4.69) is 4.98 Å². The Kier molecular flexibility index (Phi) is 9.47. The van der Waals surface area contributed by atoms with Crippen LogP contribution in [0.15, 0.2) is 36.5 Å². The summed E-state index contributed by atoms with van der Waals surface area (Å²) in [4.78, 5) is 18.0. The molecule has 216 valence electrons. The number of ether oxygens (including phenoxy) is 2. The van der Waals surface area contributed by atoms with Crippen LogP contribution in [0, 0.1) is 22.9 Å². The number of aliphatic carboxylic acids is 1. The maximum absolute atomic E-state index is 15.9. The van der Waals surface area contributed by atoms with E-state index in [4.69, 9.17) is 9.47 Å². The molecule has 1 aliphatic rings. The van der Waals surface area contributed by atoms with Crippen molar-refractivity contribution in [1.82, 2.24) is 9.88 Å². The van der Waals surface area contributed by atoms with E-state index < -0.39 is 40.8 Å². The minimum Gasteiger partial charge on any atom is -0.497 e. The van der Waals surface area contributed by atoms with Crippen molar-refractivity contribution in [1.29, 1.82) is 0 Å². The number of carbonyl (C=O) groups is 1. The summed E-state index contributed by atoms with van der Waals surface area (Å²) in [6, 6.07) is 6.22. The first-order valence-corrected chi connectivity index (χ1v) is 13.1. The van der Waals surface area contributed by atoms with Gasteiger partial charge in [-0.3, -0.25) is 14.7 Å². The number of fused-ring (bicyclic) bond motifs is 1. The van der Waals surface area contributed by atoms with Crippen LogP contribution in [0.3, 0.4) is 0 Å². The van der Waals surface area contributed by atoms with Gasteiger partial charge in [0, 0.05) is 41.4 Å². The van der Waals surface area contributed by atoms with Crippen molar-refractivity contribution in [2.75, 3.05) is 33.4 Å². The number of aromatic nitrogens is 1. The van der Waals surface area contributed by atoms with E-state index in [0.29, 0.717) is 78.8 Å². The lowest BCUT2D eigenvalue weighted by Crippen LogP contribution is -2.42. The van der Waals surface area contributed by atoms with Crippen LogP contribution in [0.2, 0.25) is 0 Å². The van der Waals surface area contributed by atoms with E-state index in [1.165, 1.54) is 13.3 Å². The minimum absolute atomic E-state index is 0.0412. The summed E-state index contributed by atoms with van der Waals surface area (Å²) in [5, 5.41) is 20.0. The number of aliphatic hydroxyl groups is 1. The second-order valence-electron chi connectivity index (χ2n) is 10.2. The molecule has 40 heavy (non-hydrogen) atoms. The van der Waals surface area contributed by atoms with Crippen molar-refractivity contribution in [3.63, 3.8) is 0 Å². The summed E-state index contributed by atoms with van der Waals surface area (Å²) in [6.07, 6.45) is 1.23. The number of pyridine rings is 1. The Hall–Kier alpha value is -3.44. The summed E-state index contributed by atoms with van der Waals surface area (Å²) < 4.78 is 67.1. The van der Waals surface area contributed by atoms with Crippen LogP contribution in [-0.4, -0.2) is 59.4 Å². The molecule has 7 nitrogen and oxygen atoms in total. The van der Waals surface area contributed by atoms with Gasteiger partial charge in [-0.05, 0) is 62.4 Å². The number of aliphatic hydroxyl groups excluding tert-OH is 1. The smallest absolute Gasteiger partial charge is 0.303 e. The Balaban J connectivity index is 1.41. The van der Waals surface area contributed by atoms with Crippen molar-refractivity contribution in [2.45, 2.75) is 44.9 Å². The molecule has 0 aliphatic carbocycles. The first kappa shape index (κ1) is 29.5. The fourth-order valence-electron chi connectivity index (χ4n) is 5.46. The first-order chi connectivity index (χ1) is 19.1. The number of benzene rings is 2. The average molecular weight is 565 g/mol. The second kappa shape index (κ2) is 12.8. The van der Waals surface area contributed by atoms with Gasteiger partial charge < -0.3 is 19.7 Å². The van der Waals surface area contributed by atoms with Gasteiger partial charge in [0.05, 0.1) is 25.7 Å².